The van der Waals surface area contributed by atoms with E-state index in [0.29, 0.717) is 11.8 Å². The van der Waals surface area contributed by atoms with Crippen molar-refractivity contribution in [3.63, 3.8) is 0 Å². The summed E-state index contributed by atoms with van der Waals surface area (Å²) in [6, 6.07) is 6.02. The van der Waals surface area contributed by atoms with Gasteiger partial charge in [0.25, 0.3) is 0 Å². The predicted molar refractivity (Wildman–Crippen MR) is 80.1 cm³/mol. The average molecular weight is 261 g/mol. The van der Waals surface area contributed by atoms with Crippen molar-refractivity contribution in [2.24, 2.45) is 5.73 Å². The molecule has 0 aromatic heterocycles. The Hall–Kier alpha value is -0.960. The third-order valence-electron chi connectivity index (χ3n) is 2.49. The second-order valence-electron chi connectivity index (χ2n) is 4.08. The molecule has 0 saturated heterocycles. The number of rotatable bonds is 2. The van der Waals surface area contributed by atoms with Crippen molar-refractivity contribution in [3.05, 3.63) is 30.1 Å². The smallest absolute Gasteiger partial charge is 0.123 e. The van der Waals surface area contributed by atoms with Gasteiger partial charge in [-0.2, -0.15) is 0 Å². The zero-order valence-corrected chi connectivity index (χ0v) is 11.8. The lowest BCUT2D eigenvalue weighted by molar-refractivity contribution is 0.352. The van der Waals surface area contributed by atoms with Crippen molar-refractivity contribution in [1.29, 1.82) is 0 Å². The third-order valence-corrected chi connectivity index (χ3v) is 2.49. The van der Waals surface area contributed by atoms with Crippen LogP contribution in [0.5, 0.6) is 5.75 Å². The summed E-state index contributed by atoms with van der Waals surface area (Å²) in [5, 5.41) is 0. The Morgan fingerprint density at radius 1 is 1.16 bits per heavy atom. The highest BCUT2D eigenvalue weighted by molar-refractivity contribution is 6.34. The minimum Gasteiger partial charge on any atom is -0.510 e. The molecular formula is C14H22B2FNO. The van der Waals surface area contributed by atoms with Gasteiger partial charge in [-0.3, -0.25) is 0 Å². The molecule has 19 heavy (non-hydrogen) atoms. The molecule has 0 amide bonds. The summed E-state index contributed by atoms with van der Waals surface area (Å²) >= 11 is 0. The summed E-state index contributed by atoms with van der Waals surface area (Å²) in [7, 11) is 10.2. The summed E-state index contributed by atoms with van der Waals surface area (Å²) in [5.74, 6) is -0.718. The molecule has 2 N–H and O–H groups in total. The van der Waals surface area contributed by atoms with Gasteiger partial charge in [-0.1, -0.05) is 26.7 Å². The molecule has 0 atom stereocenters. The molecule has 1 aliphatic rings. The fraction of sp³-hybridized carbons (Fsp3) is 0.571. The first-order valence-corrected chi connectivity index (χ1v) is 6.77. The quantitative estimate of drug-likeness (QED) is 0.830. The molecule has 0 bridgehead atoms. The monoisotopic (exact) mass is 261 g/mol. The number of nitrogens with two attached hydrogens (primary N) is 1. The van der Waals surface area contributed by atoms with Gasteiger partial charge >= 0.3 is 0 Å². The minimum atomic E-state index is -0.861. The first-order valence-electron chi connectivity index (χ1n) is 6.77. The maximum Gasteiger partial charge on any atom is 0.123 e. The predicted octanol–water partition coefficient (Wildman–Crippen LogP) is 2.74. The van der Waals surface area contributed by atoms with Gasteiger partial charge in [-0.05, 0) is 37.1 Å². The van der Waals surface area contributed by atoms with Crippen LogP contribution in [0.2, 0.25) is 0 Å². The maximum absolute atomic E-state index is 12.3. The molecule has 4 radical (unpaired) electrons. The molecule has 102 valence electrons. The molecule has 1 aromatic rings. The maximum atomic E-state index is 12.3. The minimum absolute atomic E-state index is 0.317. The van der Waals surface area contributed by atoms with E-state index in [1.165, 1.54) is 49.9 Å². The SMILES string of the molecule is CC.NC1CCCC1.[B]C([B])Oc1ccc(F)cc1. The topological polar surface area (TPSA) is 35.2 Å². The summed E-state index contributed by atoms with van der Waals surface area (Å²) in [4.78, 5) is 0. The van der Waals surface area contributed by atoms with Crippen molar-refractivity contribution in [2.75, 3.05) is 0 Å². The zero-order chi connectivity index (χ0) is 14.7. The van der Waals surface area contributed by atoms with Gasteiger partial charge in [0.2, 0.25) is 0 Å². The molecule has 1 saturated carbocycles. The van der Waals surface area contributed by atoms with Crippen molar-refractivity contribution < 1.29 is 9.13 Å². The molecule has 0 unspecified atom stereocenters. The number of hydrogen-bond acceptors (Lipinski definition) is 2. The van der Waals surface area contributed by atoms with Gasteiger partial charge in [0.15, 0.2) is 0 Å². The fourth-order valence-corrected chi connectivity index (χ4v) is 1.63. The molecule has 2 rings (SSSR count). The largest absolute Gasteiger partial charge is 0.510 e. The molecule has 2 nitrogen and oxygen atoms in total. The highest BCUT2D eigenvalue weighted by Crippen LogP contribution is 2.14. The second kappa shape index (κ2) is 10.9. The lowest BCUT2D eigenvalue weighted by Crippen LogP contribution is -2.15. The van der Waals surface area contributed by atoms with Crippen LogP contribution >= 0.6 is 0 Å². The van der Waals surface area contributed by atoms with Crippen LogP contribution in [-0.4, -0.2) is 27.6 Å². The Bertz CT molecular complexity index is 314. The molecule has 1 fully saturated rings. The molecule has 5 heteroatoms. The summed E-state index contributed by atoms with van der Waals surface area (Å²) in [5.41, 5.74) is 5.53. The zero-order valence-electron chi connectivity index (χ0n) is 11.8. The lowest BCUT2D eigenvalue weighted by Gasteiger charge is -2.09. The molecule has 0 aliphatic heterocycles. The highest BCUT2D eigenvalue weighted by Gasteiger charge is 2.07. The Morgan fingerprint density at radius 2 is 1.63 bits per heavy atom. The standard InChI is InChI=1S/C7H5B2FO.C5H11N.C2H6/c8-7(9)11-6-3-1-5(10)2-4-6;6-5-3-1-2-4-5;1-2/h1-4,7H;5H,1-4,6H2;1-2H3. The van der Waals surface area contributed by atoms with E-state index in [0.717, 1.165) is 0 Å². The van der Waals surface area contributed by atoms with E-state index in [9.17, 15) is 4.39 Å². The summed E-state index contributed by atoms with van der Waals surface area (Å²) in [6.07, 6.45) is 5.25. The van der Waals surface area contributed by atoms with E-state index in [4.69, 9.17) is 26.2 Å². The van der Waals surface area contributed by atoms with Gasteiger partial charge in [0.05, 0.1) is 0 Å². The molecule has 0 heterocycles. The van der Waals surface area contributed by atoms with E-state index in [1.54, 1.807) is 0 Å². The van der Waals surface area contributed by atoms with Crippen LogP contribution in [0, 0.1) is 5.82 Å². The lowest BCUT2D eigenvalue weighted by atomic mass is 9.82. The molecular weight excluding hydrogens is 239 g/mol. The van der Waals surface area contributed by atoms with Gasteiger partial charge in [0, 0.05) is 11.9 Å². The van der Waals surface area contributed by atoms with Gasteiger partial charge < -0.3 is 10.5 Å². The third kappa shape index (κ3) is 9.60. The number of ether oxygens (including phenoxy) is 1. The van der Waals surface area contributed by atoms with Crippen LogP contribution < -0.4 is 10.5 Å². The number of benzene rings is 1. The number of hydrogen-bond donors (Lipinski definition) is 1. The Labute approximate surface area is 118 Å². The molecule has 1 aliphatic carbocycles. The molecule has 1 aromatic carbocycles. The van der Waals surface area contributed by atoms with E-state index in [-0.39, 0.29) is 5.82 Å². The van der Waals surface area contributed by atoms with Gasteiger partial charge in [0.1, 0.15) is 27.3 Å². The fourth-order valence-electron chi connectivity index (χ4n) is 1.63. The van der Waals surface area contributed by atoms with Crippen LogP contribution in [0.3, 0.4) is 0 Å². The second-order valence-corrected chi connectivity index (χ2v) is 4.08. The Kier molecular flexibility index (Phi) is 10.4. The van der Waals surface area contributed by atoms with Crippen molar-refractivity contribution in [3.8, 4) is 5.75 Å². The Balaban J connectivity index is 0.000000341. The summed E-state index contributed by atoms with van der Waals surface area (Å²) in [6.45, 7) is 4.00. The van der Waals surface area contributed by atoms with Crippen LogP contribution in [0.25, 0.3) is 0 Å². The first-order chi connectivity index (χ1) is 9.08. The van der Waals surface area contributed by atoms with Crippen LogP contribution in [0.15, 0.2) is 24.3 Å². The van der Waals surface area contributed by atoms with Crippen molar-refractivity contribution >= 4 is 15.7 Å². The normalized spacial score (nSPS) is 14.2. The summed E-state index contributed by atoms with van der Waals surface area (Å²) < 4.78 is 17.2. The van der Waals surface area contributed by atoms with Gasteiger partial charge in [-0.15, -0.1) is 0 Å². The van der Waals surface area contributed by atoms with Crippen molar-refractivity contribution in [1.82, 2.24) is 0 Å². The van der Waals surface area contributed by atoms with Crippen LogP contribution in [0.4, 0.5) is 4.39 Å². The first kappa shape index (κ1) is 18.0. The van der Waals surface area contributed by atoms with E-state index in [2.05, 4.69) is 0 Å². The van der Waals surface area contributed by atoms with Crippen LogP contribution in [-0.2, 0) is 0 Å². The Morgan fingerprint density at radius 3 is 1.95 bits per heavy atom. The van der Waals surface area contributed by atoms with Crippen molar-refractivity contribution in [2.45, 2.75) is 51.5 Å². The highest BCUT2D eigenvalue weighted by atomic mass is 19.1. The average Bonchev–Trinajstić information content (AvgIpc) is 2.86. The molecule has 0 spiro atoms. The van der Waals surface area contributed by atoms with Gasteiger partial charge in [-0.25, -0.2) is 4.39 Å². The number of halogens is 1. The van der Waals surface area contributed by atoms with E-state index in [1.807, 2.05) is 13.8 Å². The van der Waals surface area contributed by atoms with E-state index < -0.39 is 5.90 Å². The van der Waals surface area contributed by atoms with Crippen LogP contribution in [0.1, 0.15) is 39.5 Å². The van der Waals surface area contributed by atoms with E-state index >= 15 is 0 Å².